The number of rotatable bonds is 2. The summed E-state index contributed by atoms with van der Waals surface area (Å²) in [6.07, 6.45) is 0. The summed E-state index contributed by atoms with van der Waals surface area (Å²) in [5.74, 6) is 0. The number of para-hydroxylation sites is 1. The number of hydrogen-bond donors (Lipinski definition) is 0. The zero-order chi connectivity index (χ0) is 25.4. The van der Waals surface area contributed by atoms with E-state index in [9.17, 15) is 0 Å². The van der Waals surface area contributed by atoms with Crippen molar-refractivity contribution in [3.63, 3.8) is 0 Å². The lowest BCUT2D eigenvalue weighted by molar-refractivity contribution is 0.666. The zero-order valence-electron chi connectivity index (χ0n) is 21.6. The largest absolute Gasteiger partial charge is 0.309 e. The standard InChI is InChI=1S/C37H27N/c1-37(2)31-18-10-8-16-29(31)34-35(37)28-15-7-6-14-27(28)33-30-17-9-11-19-32(30)38(36(33)34)26-22-20-25(21-23-26)24-12-4-3-5-13-24/h3-23H,1-2H3. The molecule has 0 spiro atoms. The van der Waals surface area contributed by atoms with Crippen LogP contribution >= 0.6 is 0 Å². The lowest BCUT2D eigenvalue weighted by Crippen LogP contribution is -2.15. The molecule has 1 heterocycles. The lowest BCUT2D eigenvalue weighted by Gasteiger charge is -2.24. The van der Waals surface area contributed by atoms with Gasteiger partial charge in [0.1, 0.15) is 0 Å². The molecule has 0 unspecified atom stereocenters. The molecule has 1 heteroatoms. The molecule has 0 atom stereocenters. The van der Waals surface area contributed by atoms with Crippen molar-refractivity contribution >= 4 is 32.6 Å². The molecule has 38 heavy (non-hydrogen) atoms. The third kappa shape index (κ3) is 2.76. The molecule has 6 aromatic carbocycles. The molecule has 0 amide bonds. The van der Waals surface area contributed by atoms with Crippen molar-refractivity contribution in [2.24, 2.45) is 0 Å². The van der Waals surface area contributed by atoms with Crippen LogP contribution in [0, 0.1) is 0 Å². The molecule has 1 aliphatic rings. The monoisotopic (exact) mass is 485 g/mol. The SMILES string of the molecule is CC1(C)c2ccccc2-c2c1c1ccccc1c1c3ccccc3n(-c3ccc(-c4ccccc4)cc3)c21. The molecule has 180 valence electrons. The number of hydrogen-bond acceptors (Lipinski definition) is 0. The van der Waals surface area contributed by atoms with E-state index in [1.807, 2.05) is 0 Å². The number of fused-ring (bicyclic) bond motifs is 10. The van der Waals surface area contributed by atoms with E-state index in [0.717, 1.165) is 0 Å². The molecular formula is C37H27N. The van der Waals surface area contributed by atoms with Gasteiger partial charge in [-0.3, -0.25) is 0 Å². The van der Waals surface area contributed by atoms with Gasteiger partial charge < -0.3 is 4.57 Å². The van der Waals surface area contributed by atoms with E-state index in [-0.39, 0.29) is 5.41 Å². The smallest absolute Gasteiger partial charge is 0.0629 e. The van der Waals surface area contributed by atoms with Gasteiger partial charge in [-0.2, -0.15) is 0 Å². The molecule has 0 saturated heterocycles. The Labute approximate surface area is 222 Å². The molecule has 0 fully saturated rings. The predicted molar refractivity (Wildman–Crippen MR) is 161 cm³/mol. The van der Waals surface area contributed by atoms with Crippen LogP contribution in [0.15, 0.2) is 127 Å². The minimum absolute atomic E-state index is 0.0851. The summed E-state index contributed by atoms with van der Waals surface area (Å²) in [5, 5.41) is 5.34. The Morgan fingerprint density at radius 2 is 1.13 bits per heavy atom. The summed E-state index contributed by atoms with van der Waals surface area (Å²) in [6, 6.07) is 46.6. The Kier molecular flexibility index (Phi) is 4.35. The van der Waals surface area contributed by atoms with E-state index in [2.05, 4.69) is 146 Å². The van der Waals surface area contributed by atoms with Crippen molar-refractivity contribution in [2.45, 2.75) is 19.3 Å². The average Bonchev–Trinajstić information content (AvgIpc) is 3.44. The molecule has 0 saturated carbocycles. The van der Waals surface area contributed by atoms with Crippen LogP contribution < -0.4 is 0 Å². The van der Waals surface area contributed by atoms with E-state index in [1.165, 1.54) is 71.6 Å². The zero-order valence-corrected chi connectivity index (χ0v) is 21.6. The summed E-state index contributed by atoms with van der Waals surface area (Å²) in [6.45, 7) is 4.77. The molecular weight excluding hydrogens is 458 g/mol. The first-order chi connectivity index (χ1) is 18.6. The highest BCUT2D eigenvalue weighted by molar-refractivity contribution is 6.27. The third-order valence-electron chi connectivity index (χ3n) is 8.55. The minimum atomic E-state index is -0.0851. The number of aromatic nitrogens is 1. The van der Waals surface area contributed by atoms with Crippen LogP contribution in [0.4, 0.5) is 0 Å². The van der Waals surface area contributed by atoms with Gasteiger partial charge in [-0.25, -0.2) is 0 Å². The Morgan fingerprint density at radius 3 is 1.92 bits per heavy atom. The van der Waals surface area contributed by atoms with Crippen LogP contribution in [0.3, 0.4) is 0 Å². The minimum Gasteiger partial charge on any atom is -0.309 e. The predicted octanol–water partition coefficient (Wildman–Crippen LogP) is 9.91. The molecule has 8 rings (SSSR count). The Morgan fingerprint density at radius 1 is 0.526 bits per heavy atom. The van der Waals surface area contributed by atoms with Crippen LogP contribution in [0.2, 0.25) is 0 Å². The highest BCUT2D eigenvalue weighted by atomic mass is 15.0. The van der Waals surface area contributed by atoms with E-state index in [4.69, 9.17) is 0 Å². The quantitative estimate of drug-likeness (QED) is 0.230. The van der Waals surface area contributed by atoms with Crippen molar-refractivity contribution in [1.82, 2.24) is 4.57 Å². The lowest BCUT2D eigenvalue weighted by atomic mass is 9.79. The summed E-state index contributed by atoms with van der Waals surface area (Å²) < 4.78 is 2.50. The fraction of sp³-hybridized carbons (Fsp3) is 0.0811. The first kappa shape index (κ1) is 21.5. The first-order valence-electron chi connectivity index (χ1n) is 13.4. The Balaban J connectivity index is 1.55. The van der Waals surface area contributed by atoms with Gasteiger partial charge in [0.2, 0.25) is 0 Å². The number of nitrogens with zero attached hydrogens (tertiary/aromatic N) is 1. The molecule has 1 aliphatic carbocycles. The fourth-order valence-electron chi connectivity index (χ4n) is 6.92. The van der Waals surface area contributed by atoms with E-state index in [0.29, 0.717) is 0 Å². The van der Waals surface area contributed by atoms with Gasteiger partial charge in [0, 0.05) is 27.4 Å². The van der Waals surface area contributed by atoms with Crippen LogP contribution in [-0.2, 0) is 5.41 Å². The maximum absolute atomic E-state index is 2.50. The second-order valence-corrected chi connectivity index (χ2v) is 11.0. The molecule has 0 aliphatic heterocycles. The van der Waals surface area contributed by atoms with Gasteiger partial charge in [-0.05, 0) is 56.8 Å². The van der Waals surface area contributed by atoms with E-state index in [1.54, 1.807) is 0 Å². The summed E-state index contributed by atoms with van der Waals surface area (Å²) in [4.78, 5) is 0. The summed E-state index contributed by atoms with van der Waals surface area (Å²) in [7, 11) is 0. The maximum atomic E-state index is 2.50. The van der Waals surface area contributed by atoms with Crippen LogP contribution in [0.5, 0.6) is 0 Å². The Hall–Kier alpha value is -4.62. The molecule has 0 bridgehead atoms. The second-order valence-electron chi connectivity index (χ2n) is 11.0. The van der Waals surface area contributed by atoms with Crippen molar-refractivity contribution < 1.29 is 0 Å². The topological polar surface area (TPSA) is 4.93 Å². The van der Waals surface area contributed by atoms with Crippen LogP contribution in [0.25, 0.3) is 60.5 Å². The summed E-state index contributed by atoms with van der Waals surface area (Å²) in [5.41, 5.74) is 11.7. The Bertz CT molecular complexity index is 2020. The van der Waals surface area contributed by atoms with Gasteiger partial charge in [0.05, 0.1) is 11.0 Å². The van der Waals surface area contributed by atoms with Gasteiger partial charge >= 0.3 is 0 Å². The number of benzene rings is 6. The third-order valence-corrected chi connectivity index (χ3v) is 8.55. The van der Waals surface area contributed by atoms with Crippen molar-refractivity contribution in [2.75, 3.05) is 0 Å². The normalized spacial score (nSPS) is 13.7. The van der Waals surface area contributed by atoms with Crippen molar-refractivity contribution in [1.29, 1.82) is 0 Å². The van der Waals surface area contributed by atoms with E-state index >= 15 is 0 Å². The summed E-state index contributed by atoms with van der Waals surface area (Å²) >= 11 is 0. The first-order valence-corrected chi connectivity index (χ1v) is 13.4. The maximum Gasteiger partial charge on any atom is 0.0629 e. The fourth-order valence-corrected chi connectivity index (χ4v) is 6.92. The molecule has 0 N–H and O–H groups in total. The van der Waals surface area contributed by atoms with Crippen LogP contribution in [0.1, 0.15) is 25.0 Å². The van der Waals surface area contributed by atoms with Crippen molar-refractivity contribution in [3.05, 3.63) is 139 Å². The molecule has 7 aromatic rings. The van der Waals surface area contributed by atoms with Gasteiger partial charge in [-0.1, -0.05) is 123 Å². The highest BCUT2D eigenvalue weighted by Crippen LogP contribution is 2.56. The molecule has 1 nitrogen and oxygen atoms in total. The second kappa shape index (κ2) is 7.69. The van der Waals surface area contributed by atoms with Gasteiger partial charge in [0.25, 0.3) is 0 Å². The van der Waals surface area contributed by atoms with Gasteiger partial charge in [0.15, 0.2) is 0 Å². The van der Waals surface area contributed by atoms with Gasteiger partial charge in [-0.15, -0.1) is 0 Å². The highest BCUT2D eigenvalue weighted by Gasteiger charge is 2.39. The van der Waals surface area contributed by atoms with Crippen LogP contribution in [-0.4, -0.2) is 4.57 Å². The van der Waals surface area contributed by atoms with Crippen molar-refractivity contribution in [3.8, 4) is 27.9 Å². The van der Waals surface area contributed by atoms with E-state index < -0.39 is 0 Å². The average molecular weight is 486 g/mol. The molecule has 0 radical (unpaired) electrons. The molecule has 1 aromatic heterocycles.